The lowest BCUT2D eigenvalue weighted by Gasteiger charge is -2.54. The van der Waals surface area contributed by atoms with Crippen LogP contribution in [0.2, 0.25) is 0 Å². The molecule has 2 aliphatic heterocycles. The van der Waals surface area contributed by atoms with Gasteiger partial charge in [0, 0.05) is 12.6 Å². The van der Waals surface area contributed by atoms with Gasteiger partial charge >= 0.3 is 12.1 Å². The second-order valence-corrected chi connectivity index (χ2v) is 6.07. The quantitative estimate of drug-likeness (QED) is 0.761. The number of carboxylic acid groups (broad SMARTS) is 1. The maximum Gasteiger partial charge on any atom is 0.410 e. The lowest BCUT2D eigenvalue weighted by atomic mass is 9.60. The number of fused-ring (bicyclic) bond motifs is 2. The van der Waals surface area contributed by atoms with Crippen LogP contribution in [0.3, 0.4) is 0 Å². The van der Waals surface area contributed by atoms with Gasteiger partial charge in [-0.15, -0.1) is 0 Å². The summed E-state index contributed by atoms with van der Waals surface area (Å²) in [7, 11) is 0. The van der Waals surface area contributed by atoms with Gasteiger partial charge in [-0.1, -0.05) is 0 Å². The van der Waals surface area contributed by atoms with E-state index in [-0.39, 0.29) is 12.1 Å². The van der Waals surface area contributed by atoms with E-state index in [4.69, 9.17) is 9.84 Å². The Labute approximate surface area is 101 Å². The van der Waals surface area contributed by atoms with Crippen molar-refractivity contribution < 1.29 is 19.4 Å². The van der Waals surface area contributed by atoms with Crippen LogP contribution >= 0.6 is 0 Å². The zero-order valence-corrected chi connectivity index (χ0v) is 10.5. The molecule has 96 valence electrons. The van der Waals surface area contributed by atoms with E-state index in [1.807, 2.05) is 20.8 Å². The Kier molecular flexibility index (Phi) is 2.60. The largest absolute Gasteiger partial charge is 0.481 e. The van der Waals surface area contributed by atoms with Crippen molar-refractivity contribution in [2.75, 3.05) is 6.54 Å². The first kappa shape index (κ1) is 12.2. The van der Waals surface area contributed by atoms with E-state index in [0.29, 0.717) is 25.8 Å². The maximum absolute atomic E-state index is 11.9. The molecular weight excluding hydrogens is 222 g/mol. The fourth-order valence-corrected chi connectivity index (χ4v) is 2.63. The van der Waals surface area contributed by atoms with Crippen molar-refractivity contribution in [1.82, 2.24) is 4.90 Å². The molecule has 0 radical (unpaired) electrons. The lowest BCUT2D eigenvalue weighted by molar-refractivity contribution is -0.167. The number of nitrogens with zero attached hydrogens (tertiary/aromatic N) is 1. The Bertz CT molecular complexity index is 346. The molecule has 0 aromatic heterocycles. The first-order chi connectivity index (χ1) is 7.73. The van der Waals surface area contributed by atoms with Crippen LogP contribution in [0.4, 0.5) is 4.79 Å². The summed E-state index contributed by atoms with van der Waals surface area (Å²) in [5, 5.41) is 9.11. The fraction of sp³-hybridized carbons (Fsp3) is 0.833. The van der Waals surface area contributed by atoms with Crippen LogP contribution in [0.15, 0.2) is 0 Å². The summed E-state index contributed by atoms with van der Waals surface area (Å²) < 4.78 is 5.31. The van der Waals surface area contributed by atoms with Gasteiger partial charge < -0.3 is 14.7 Å². The molecule has 3 rings (SSSR count). The minimum Gasteiger partial charge on any atom is -0.481 e. The molecule has 0 aromatic carbocycles. The monoisotopic (exact) mass is 241 g/mol. The number of carboxylic acids is 1. The first-order valence-electron chi connectivity index (χ1n) is 5.97. The van der Waals surface area contributed by atoms with Gasteiger partial charge in [-0.3, -0.25) is 4.79 Å². The van der Waals surface area contributed by atoms with Crippen LogP contribution < -0.4 is 0 Å². The molecule has 1 aliphatic carbocycles. The lowest BCUT2D eigenvalue weighted by Crippen LogP contribution is -2.62. The van der Waals surface area contributed by atoms with Crippen LogP contribution in [0, 0.1) is 5.41 Å². The van der Waals surface area contributed by atoms with Crippen molar-refractivity contribution in [2.45, 2.75) is 51.7 Å². The summed E-state index contributed by atoms with van der Waals surface area (Å²) in [4.78, 5) is 24.6. The SMILES string of the molecule is CC(C)(C)OC(=O)N1CCC2(C(=O)O)CC1C2. The molecule has 0 spiro atoms. The molecule has 0 atom stereocenters. The van der Waals surface area contributed by atoms with Gasteiger partial charge in [0.2, 0.25) is 0 Å². The molecule has 17 heavy (non-hydrogen) atoms. The highest BCUT2D eigenvalue weighted by Gasteiger charge is 2.57. The molecule has 1 amide bonds. The number of rotatable bonds is 1. The summed E-state index contributed by atoms with van der Waals surface area (Å²) in [6.07, 6.45) is 1.36. The molecule has 1 N–H and O–H groups in total. The summed E-state index contributed by atoms with van der Waals surface area (Å²) in [6.45, 7) is 5.98. The molecule has 0 aromatic rings. The van der Waals surface area contributed by atoms with Gasteiger partial charge in [0.15, 0.2) is 0 Å². The first-order valence-corrected chi connectivity index (χ1v) is 5.97. The second kappa shape index (κ2) is 3.62. The van der Waals surface area contributed by atoms with Gasteiger partial charge in [-0.25, -0.2) is 4.79 Å². The van der Waals surface area contributed by atoms with E-state index >= 15 is 0 Å². The number of aliphatic carboxylic acids is 1. The molecular formula is C12H19NO4. The minimum atomic E-state index is -0.724. The Hall–Kier alpha value is -1.26. The van der Waals surface area contributed by atoms with E-state index in [0.717, 1.165) is 0 Å². The normalized spacial score (nSPS) is 31.7. The molecule has 0 unspecified atom stereocenters. The van der Waals surface area contributed by atoms with Crippen LogP contribution in [-0.4, -0.2) is 40.3 Å². The fourth-order valence-electron chi connectivity index (χ4n) is 2.63. The van der Waals surface area contributed by atoms with Gasteiger partial charge in [0.1, 0.15) is 5.60 Å². The van der Waals surface area contributed by atoms with Crippen molar-refractivity contribution in [3.63, 3.8) is 0 Å². The van der Waals surface area contributed by atoms with Crippen molar-refractivity contribution in [3.05, 3.63) is 0 Å². The number of carbonyl (C=O) groups is 2. The van der Waals surface area contributed by atoms with Crippen LogP contribution in [0.5, 0.6) is 0 Å². The Morgan fingerprint density at radius 3 is 2.29 bits per heavy atom. The molecule has 2 saturated heterocycles. The Morgan fingerprint density at radius 1 is 1.35 bits per heavy atom. The number of hydrogen-bond acceptors (Lipinski definition) is 3. The molecule has 1 saturated carbocycles. The van der Waals surface area contributed by atoms with E-state index < -0.39 is 17.0 Å². The number of carbonyl (C=O) groups excluding carboxylic acids is 1. The molecule has 2 bridgehead atoms. The number of amides is 1. The minimum absolute atomic E-state index is 0.0506. The van der Waals surface area contributed by atoms with Crippen molar-refractivity contribution >= 4 is 12.1 Å². The summed E-state index contributed by atoms with van der Waals surface area (Å²) in [6, 6.07) is 0.0506. The van der Waals surface area contributed by atoms with Crippen molar-refractivity contribution in [1.29, 1.82) is 0 Å². The van der Waals surface area contributed by atoms with Gasteiger partial charge in [0.05, 0.1) is 5.41 Å². The predicted molar refractivity (Wildman–Crippen MR) is 60.6 cm³/mol. The zero-order chi connectivity index (χ0) is 12.8. The molecule has 3 fully saturated rings. The Balaban J connectivity index is 1.96. The average Bonchev–Trinajstić information content (AvgIpc) is 2.13. The second-order valence-electron chi connectivity index (χ2n) is 6.07. The van der Waals surface area contributed by atoms with Crippen LogP contribution in [-0.2, 0) is 9.53 Å². The third-order valence-electron chi connectivity index (χ3n) is 3.61. The van der Waals surface area contributed by atoms with E-state index in [2.05, 4.69) is 0 Å². The highest BCUT2D eigenvalue weighted by Crippen LogP contribution is 2.51. The molecule has 5 heteroatoms. The predicted octanol–water partition coefficient (Wildman–Crippen LogP) is 1.86. The van der Waals surface area contributed by atoms with E-state index in [1.54, 1.807) is 4.90 Å². The van der Waals surface area contributed by atoms with Crippen LogP contribution in [0.1, 0.15) is 40.0 Å². The summed E-state index contributed by atoms with van der Waals surface area (Å²) in [5.41, 5.74) is -1.06. The van der Waals surface area contributed by atoms with Gasteiger partial charge in [-0.2, -0.15) is 0 Å². The number of ether oxygens (including phenoxy) is 1. The zero-order valence-electron chi connectivity index (χ0n) is 10.5. The van der Waals surface area contributed by atoms with E-state index in [1.165, 1.54) is 0 Å². The number of piperidine rings is 2. The van der Waals surface area contributed by atoms with E-state index in [9.17, 15) is 9.59 Å². The van der Waals surface area contributed by atoms with Gasteiger partial charge in [-0.05, 0) is 40.0 Å². The third-order valence-corrected chi connectivity index (χ3v) is 3.61. The highest BCUT2D eigenvalue weighted by molar-refractivity contribution is 5.78. The van der Waals surface area contributed by atoms with Crippen molar-refractivity contribution in [2.24, 2.45) is 5.41 Å². The highest BCUT2D eigenvalue weighted by atomic mass is 16.6. The van der Waals surface area contributed by atoms with Gasteiger partial charge in [0.25, 0.3) is 0 Å². The summed E-state index contributed by atoms with van der Waals surface area (Å²) >= 11 is 0. The standard InChI is InChI=1S/C12H19NO4/c1-11(2,3)17-10(16)13-5-4-12(9(14)15)6-8(13)7-12/h8H,4-7H2,1-3H3,(H,14,15). The van der Waals surface area contributed by atoms with Crippen molar-refractivity contribution in [3.8, 4) is 0 Å². The third kappa shape index (κ3) is 2.10. The average molecular weight is 241 g/mol. The topological polar surface area (TPSA) is 66.8 Å². The Morgan fingerprint density at radius 2 is 1.94 bits per heavy atom. The molecule has 3 aliphatic rings. The maximum atomic E-state index is 11.9. The summed E-state index contributed by atoms with van der Waals surface area (Å²) in [5.74, 6) is -0.724. The molecule has 2 heterocycles. The smallest absolute Gasteiger partial charge is 0.410 e. The van der Waals surface area contributed by atoms with Crippen LogP contribution in [0.25, 0.3) is 0 Å². The molecule has 5 nitrogen and oxygen atoms in total. The number of hydrogen-bond donors (Lipinski definition) is 1.